The van der Waals surface area contributed by atoms with E-state index in [9.17, 15) is 4.79 Å². The summed E-state index contributed by atoms with van der Waals surface area (Å²) in [6, 6.07) is 1.36. The molecular weight excluding hydrogens is 124 g/mol. The Labute approximate surface area is 51.0 Å². The van der Waals surface area contributed by atoms with Crippen LogP contribution in [0, 0.1) is 0 Å². The van der Waals surface area contributed by atoms with Crippen LogP contribution in [0.4, 0.5) is 0 Å². The Morgan fingerprint density at radius 1 is 1.44 bits per heavy atom. The normalized spacial score (nSPS) is 6.67. The number of hydrogen-bond donors (Lipinski definition) is 1. The fourth-order valence-corrected chi connectivity index (χ4v) is 0.303. The lowest BCUT2D eigenvalue weighted by Crippen LogP contribution is -2.00. The maximum atomic E-state index is 10.2. The molecule has 1 aromatic rings. The lowest BCUT2D eigenvalue weighted by Gasteiger charge is -1.73. The molecule has 0 fully saturated rings. The Morgan fingerprint density at radius 3 is 2.33 bits per heavy atom. The molecule has 0 unspecified atom stereocenters. The van der Waals surface area contributed by atoms with Crippen molar-refractivity contribution < 1.29 is 11.0 Å². The van der Waals surface area contributed by atoms with Gasteiger partial charge in [0.05, 0.1) is 6.33 Å². The Morgan fingerprint density at radius 2 is 2.11 bits per heavy atom. The second-order valence-corrected chi connectivity index (χ2v) is 1.10. The van der Waals surface area contributed by atoms with E-state index in [1.165, 1.54) is 18.6 Å². The van der Waals surface area contributed by atoms with Gasteiger partial charge in [-0.15, -0.1) is 0 Å². The SMILES string of the molecule is O.O.O=c1ccnc[nH]1. The largest absolute Gasteiger partial charge is 0.412 e. The first-order valence-corrected chi connectivity index (χ1v) is 1.88. The standard InChI is InChI=1S/C4H4N2O.2H2O/c7-4-1-2-5-3-6-4;;/h1-3H,(H,5,6,7);2*1H2. The molecule has 9 heavy (non-hydrogen) atoms. The lowest BCUT2D eigenvalue weighted by molar-refractivity contribution is 0.823. The molecule has 0 radical (unpaired) electrons. The highest BCUT2D eigenvalue weighted by Crippen LogP contribution is 1.57. The van der Waals surface area contributed by atoms with E-state index in [1.54, 1.807) is 0 Å². The average Bonchev–Trinajstić information content (AvgIpc) is 1.69. The van der Waals surface area contributed by atoms with Gasteiger partial charge in [0.25, 0.3) is 5.56 Å². The Bertz CT molecular complexity index is 180. The van der Waals surface area contributed by atoms with Gasteiger partial charge in [0.2, 0.25) is 0 Å². The van der Waals surface area contributed by atoms with E-state index in [2.05, 4.69) is 9.97 Å². The third-order valence-electron chi connectivity index (χ3n) is 0.593. The molecule has 0 atom stereocenters. The van der Waals surface area contributed by atoms with Crippen molar-refractivity contribution in [3.63, 3.8) is 0 Å². The third kappa shape index (κ3) is 3.39. The van der Waals surface area contributed by atoms with Gasteiger partial charge in [-0.2, -0.15) is 0 Å². The van der Waals surface area contributed by atoms with Crippen LogP contribution >= 0.6 is 0 Å². The molecule has 0 aromatic carbocycles. The summed E-state index contributed by atoms with van der Waals surface area (Å²) >= 11 is 0. The van der Waals surface area contributed by atoms with E-state index >= 15 is 0 Å². The quantitative estimate of drug-likeness (QED) is 0.445. The Balaban J connectivity index is 0. The van der Waals surface area contributed by atoms with Crippen molar-refractivity contribution >= 4 is 0 Å². The fraction of sp³-hybridized carbons (Fsp3) is 0. The number of aromatic amines is 1. The zero-order chi connectivity index (χ0) is 5.11. The molecule has 0 bridgehead atoms. The molecule has 0 aliphatic heterocycles. The smallest absolute Gasteiger partial charge is 0.250 e. The highest BCUT2D eigenvalue weighted by molar-refractivity contribution is 4.76. The minimum Gasteiger partial charge on any atom is -0.412 e. The zero-order valence-corrected chi connectivity index (χ0v) is 4.59. The minimum absolute atomic E-state index is 0. The van der Waals surface area contributed by atoms with E-state index < -0.39 is 0 Å². The third-order valence-corrected chi connectivity index (χ3v) is 0.593. The van der Waals surface area contributed by atoms with Crippen LogP contribution < -0.4 is 5.56 Å². The van der Waals surface area contributed by atoms with Gasteiger partial charge in [-0.05, 0) is 0 Å². The van der Waals surface area contributed by atoms with Crippen molar-refractivity contribution in [2.75, 3.05) is 0 Å². The van der Waals surface area contributed by atoms with Crippen LogP contribution in [0.25, 0.3) is 0 Å². The van der Waals surface area contributed by atoms with E-state index in [1.807, 2.05) is 0 Å². The molecule has 5 N–H and O–H groups in total. The van der Waals surface area contributed by atoms with Crippen molar-refractivity contribution in [1.82, 2.24) is 9.97 Å². The lowest BCUT2D eigenvalue weighted by atomic mass is 10.7. The van der Waals surface area contributed by atoms with Crippen molar-refractivity contribution in [3.05, 3.63) is 28.9 Å². The van der Waals surface area contributed by atoms with Crippen LogP contribution in [0.5, 0.6) is 0 Å². The second-order valence-electron chi connectivity index (χ2n) is 1.10. The summed E-state index contributed by atoms with van der Waals surface area (Å²) in [6.07, 6.45) is 2.79. The van der Waals surface area contributed by atoms with Crippen molar-refractivity contribution in [2.24, 2.45) is 0 Å². The first kappa shape index (κ1) is 10.7. The molecule has 1 rings (SSSR count). The molecule has 1 heterocycles. The maximum absolute atomic E-state index is 10.2. The summed E-state index contributed by atoms with van der Waals surface area (Å²) in [5.74, 6) is 0. The minimum atomic E-state index is -0.116. The van der Waals surface area contributed by atoms with Crippen molar-refractivity contribution in [1.29, 1.82) is 0 Å². The monoisotopic (exact) mass is 132 g/mol. The van der Waals surface area contributed by atoms with Gasteiger partial charge in [0, 0.05) is 12.3 Å². The fourth-order valence-electron chi connectivity index (χ4n) is 0.303. The molecular formula is C4H8N2O3. The van der Waals surface area contributed by atoms with E-state index in [0.717, 1.165) is 0 Å². The Hall–Kier alpha value is -1.20. The highest BCUT2D eigenvalue weighted by atomic mass is 16.1. The summed E-state index contributed by atoms with van der Waals surface area (Å²) < 4.78 is 0. The molecule has 0 saturated carbocycles. The number of aromatic nitrogens is 2. The highest BCUT2D eigenvalue weighted by Gasteiger charge is 1.70. The number of nitrogens with one attached hydrogen (secondary N) is 1. The van der Waals surface area contributed by atoms with Crippen molar-refractivity contribution in [3.8, 4) is 0 Å². The summed E-state index contributed by atoms with van der Waals surface area (Å²) in [6.45, 7) is 0. The molecule has 0 amide bonds. The van der Waals surface area contributed by atoms with E-state index in [4.69, 9.17) is 0 Å². The number of rotatable bonds is 0. The molecule has 0 spiro atoms. The molecule has 52 valence electrons. The van der Waals surface area contributed by atoms with Crippen LogP contribution in [0.2, 0.25) is 0 Å². The van der Waals surface area contributed by atoms with Crippen LogP contribution in [0.1, 0.15) is 0 Å². The van der Waals surface area contributed by atoms with Crippen LogP contribution in [0.3, 0.4) is 0 Å². The summed E-state index contributed by atoms with van der Waals surface area (Å²) in [7, 11) is 0. The number of H-pyrrole nitrogens is 1. The van der Waals surface area contributed by atoms with Gasteiger partial charge in [0.1, 0.15) is 0 Å². The summed E-state index contributed by atoms with van der Waals surface area (Å²) in [5, 5.41) is 0. The summed E-state index contributed by atoms with van der Waals surface area (Å²) in [4.78, 5) is 16.1. The van der Waals surface area contributed by atoms with E-state index in [0.29, 0.717) is 0 Å². The molecule has 0 saturated heterocycles. The van der Waals surface area contributed by atoms with Gasteiger partial charge in [-0.25, -0.2) is 4.98 Å². The Kier molecular flexibility index (Phi) is 5.89. The average molecular weight is 132 g/mol. The zero-order valence-electron chi connectivity index (χ0n) is 4.59. The molecule has 0 aliphatic carbocycles. The number of hydrogen-bond acceptors (Lipinski definition) is 2. The molecule has 5 nitrogen and oxygen atoms in total. The van der Waals surface area contributed by atoms with E-state index in [-0.39, 0.29) is 16.5 Å². The van der Waals surface area contributed by atoms with Gasteiger partial charge < -0.3 is 15.9 Å². The van der Waals surface area contributed by atoms with Crippen LogP contribution in [-0.4, -0.2) is 20.9 Å². The molecule has 5 heteroatoms. The maximum Gasteiger partial charge on any atom is 0.250 e. The van der Waals surface area contributed by atoms with Crippen molar-refractivity contribution in [2.45, 2.75) is 0 Å². The van der Waals surface area contributed by atoms with Gasteiger partial charge in [-0.1, -0.05) is 0 Å². The predicted octanol–water partition coefficient (Wildman–Crippen LogP) is -1.88. The first-order chi connectivity index (χ1) is 3.39. The number of nitrogens with zero attached hydrogens (tertiary/aromatic N) is 1. The topological polar surface area (TPSA) is 109 Å². The van der Waals surface area contributed by atoms with Crippen LogP contribution in [0.15, 0.2) is 23.4 Å². The molecule has 0 aliphatic rings. The second kappa shape index (κ2) is 4.95. The predicted molar refractivity (Wildman–Crippen MR) is 32.1 cm³/mol. The first-order valence-electron chi connectivity index (χ1n) is 1.88. The van der Waals surface area contributed by atoms with Gasteiger partial charge in [-0.3, -0.25) is 4.79 Å². The van der Waals surface area contributed by atoms with Gasteiger partial charge in [0.15, 0.2) is 0 Å². The van der Waals surface area contributed by atoms with Crippen LogP contribution in [-0.2, 0) is 0 Å². The molecule has 1 aromatic heterocycles. The van der Waals surface area contributed by atoms with Gasteiger partial charge >= 0.3 is 0 Å². The summed E-state index contributed by atoms with van der Waals surface area (Å²) in [5.41, 5.74) is -0.116.